The van der Waals surface area contributed by atoms with Crippen molar-refractivity contribution in [3.05, 3.63) is 0 Å². The molecule has 9 heavy (non-hydrogen) atoms. The van der Waals surface area contributed by atoms with Gasteiger partial charge in [-0.15, -0.1) is 0 Å². The second-order valence-electron chi connectivity index (χ2n) is 3.07. The number of alkyl halides is 1. The van der Waals surface area contributed by atoms with Gasteiger partial charge in [-0.3, -0.25) is 0 Å². The summed E-state index contributed by atoms with van der Waals surface area (Å²) in [6, 6.07) is 0. The Morgan fingerprint density at radius 2 is 2.22 bits per heavy atom. The summed E-state index contributed by atoms with van der Waals surface area (Å²) in [5.41, 5.74) is 0. The molecule has 0 atom stereocenters. The van der Waals surface area contributed by atoms with Gasteiger partial charge in [0.25, 0.3) is 0 Å². The molecule has 1 aliphatic heterocycles. The fourth-order valence-corrected chi connectivity index (χ4v) is 3.23. The molecule has 0 amide bonds. The van der Waals surface area contributed by atoms with E-state index in [1.54, 1.807) is 0 Å². The molecule has 0 saturated carbocycles. The van der Waals surface area contributed by atoms with E-state index in [1.807, 2.05) is 0 Å². The molecule has 1 saturated heterocycles. The third kappa shape index (κ3) is 1.83. The fraction of sp³-hybridized carbons (Fsp3) is 1.00. The summed E-state index contributed by atoms with van der Waals surface area (Å²) in [5.74, 6) is 0. The highest BCUT2D eigenvalue weighted by Crippen LogP contribution is 2.33. The average Bonchev–Trinajstić information content (AvgIpc) is 1.62. The van der Waals surface area contributed by atoms with Crippen LogP contribution in [-0.2, 0) is 0 Å². The molecule has 1 heterocycles. The van der Waals surface area contributed by atoms with E-state index in [1.165, 1.54) is 25.8 Å². The SMILES string of the molecule is BCCC1(I)CN(C)C1. The summed E-state index contributed by atoms with van der Waals surface area (Å²) < 4.78 is 0.640. The van der Waals surface area contributed by atoms with Gasteiger partial charge < -0.3 is 4.90 Å². The van der Waals surface area contributed by atoms with Crippen molar-refractivity contribution in [1.82, 2.24) is 4.90 Å². The van der Waals surface area contributed by atoms with E-state index in [9.17, 15) is 0 Å². The van der Waals surface area contributed by atoms with Crippen molar-refractivity contribution in [1.29, 1.82) is 0 Å². The van der Waals surface area contributed by atoms with Crippen LogP contribution in [0.2, 0.25) is 6.32 Å². The predicted molar refractivity (Wildman–Crippen MR) is 52.2 cm³/mol. The first-order chi connectivity index (χ1) is 4.16. The van der Waals surface area contributed by atoms with E-state index >= 15 is 0 Å². The van der Waals surface area contributed by atoms with Crippen molar-refractivity contribution in [3.8, 4) is 0 Å². The first kappa shape index (κ1) is 7.86. The highest BCUT2D eigenvalue weighted by Gasteiger charge is 2.36. The number of halogens is 1. The summed E-state index contributed by atoms with van der Waals surface area (Å²) in [6.07, 6.45) is 2.72. The van der Waals surface area contributed by atoms with Crippen molar-refractivity contribution < 1.29 is 0 Å². The van der Waals surface area contributed by atoms with Gasteiger partial charge in [-0.2, -0.15) is 0 Å². The van der Waals surface area contributed by atoms with Crippen LogP contribution in [0, 0.1) is 0 Å². The van der Waals surface area contributed by atoms with Gasteiger partial charge in [0.05, 0.1) is 0 Å². The quantitative estimate of drug-likeness (QED) is 0.385. The Hall–Kier alpha value is 0.755. The van der Waals surface area contributed by atoms with Crippen molar-refractivity contribution in [2.24, 2.45) is 0 Å². The van der Waals surface area contributed by atoms with E-state index in [4.69, 9.17) is 0 Å². The van der Waals surface area contributed by atoms with Gasteiger partial charge in [0, 0.05) is 16.5 Å². The minimum atomic E-state index is 0.640. The fourth-order valence-electron chi connectivity index (χ4n) is 1.53. The van der Waals surface area contributed by atoms with Crippen LogP contribution in [0.3, 0.4) is 0 Å². The van der Waals surface area contributed by atoms with Crippen LogP contribution in [0.25, 0.3) is 0 Å². The zero-order valence-corrected chi connectivity index (χ0v) is 8.31. The Balaban J connectivity index is 2.23. The first-order valence-electron chi connectivity index (χ1n) is 3.54. The second kappa shape index (κ2) is 2.78. The molecule has 3 heteroatoms. The monoisotopic (exact) mass is 237 g/mol. The summed E-state index contributed by atoms with van der Waals surface area (Å²) >= 11 is 2.60. The number of rotatable bonds is 2. The minimum absolute atomic E-state index is 0.640. The molecule has 0 radical (unpaired) electrons. The zero-order valence-electron chi connectivity index (χ0n) is 6.15. The molecule has 0 N–H and O–H groups in total. The third-order valence-electron chi connectivity index (χ3n) is 1.80. The van der Waals surface area contributed by atoms with Crippen LogP contribution in [0.4, 0.5) is 0 Å². The van der Waals surface area contributed by atoms with Crippen LogP contribution in [0.5, 0.6) is 0 Å². The maximum atomic E-state index is 2.60. The molecule has 0 aromatic heterocycles. The van der Waals surface area contributed by atoms with E-state index < -0.39 is 0 Å². The Labute approximate surface area is 71.7 Å². The Morgan fingerprint density at radius 1 is 1.67 bits per heavy atom. The van der Waals surface area contributed by atoms with E-state index in [0.29, 0.717) is 3.42 Å². The normalized spacial score (nSPS) is 25.6. The zero-order chi connectivity index (χ0) is 6.91. The topological polar surface area (TPSA) is 3.24 Å². The summed E-state index contributed by atoms with van der Waals surface area (Å²) in [7, 11) is 4.45. The molecule has 0 aliphatic carbocycles. The van der Waals surface area contributed by atoms with Gasteiger partial charge in [0.1, 0.15) is 7.85 Å². The van der Waals surface area contributed by atoms with E-state index in [-0.39, 0.29) is 0 Å². The molecule has 1 nitrogen and oxygen atoms in total. The van der Waals surface area contributed by atoms with Crippen molar-refractivity contribution in [2.75, 3.05) is 20.1 Å². The average molecular weight is 237 g/mol. The molecule has 0 bridgehead atoms. The Kier molecular flexibility index (Phi) is 2.43. The maximum absolute atomic E-state index is 2.60. The van der Waals surface area contributed by atoms with Crippen LogP contribution in [0.15, 0.2) is 0 Å². The van der Waals surface area contributed by atoms with E-state index in [0.717, 1.165) is 0 Å². The lowest BCUT2D eigenvalue weighted by Gasteiger charge is -2.44. The number of likely N-dealkylation sites (tertiary alicyclic amines) is 1. The van der Waals surface area contributed by atoms with Gasteiger partial charge in [-0.05, 0) is 13.5 Å². The molecule has 0 aromatic rings. The van der Waals surface area contributed by atoms with Crippen LogP contribution >= 0.6 is 22.6 Å². The summed E-state index contributed by atoms with van der Waals surface area (Å²) in [6.45, 7) is 2.59. The molecule has 0 spiro atoms. The van der Waals surface area contributed by atoms with Crippen molar-refractivity contribution in [3.63, 3.8) is 0 Å². The lowest BCUT2D eigenvalue weighted by atomic mass is 9.89. The van der Waals surface area contributed by atoms with Crippen LogP contribution < -0.4 is 0 Å². The Bertz CT molecular complexity index is 95.7. The second-order valence-corrected chi connectivity index (χ2v) is 5.36. The Morgan fingerprint density at radius 3 is 2.56 bits per heavy atom. The molecule has 1 rings (SSSR count). The summed E-state index contributed by atoms with van der Waals surface area (Å²) in [5, 5.41) is 0. The third-order valence-corrected chi connectivity index (χ3v) is 3.03. The van der Waals surface area contributed by atoms with Gasteiger partial charge in [-0.1, -0.05) is 28.9 Å². The largest absolute Gasteiger partial charge is 0.304 e. The van der Waals surface area contributed by atoms with Crippen molar-refractivity contribution >= 4 is 30.4 Å². The predicted octanol–water partition coefficient (Wildman–Crippen LogP) is 0.547. The smallest absolute Gasteiger partial charge is 0.101 e. The number of hydrogen-bond acceptors (Lipinski definition) is 1. The highest BCUT2D eigenvalue weighted by atomic mass is 127. The van der Waals surface area contributed by atoms with Gasteiger partial charge in [0.15, 0.2) is 0 Å². The molecule has 0 aromatic carbocycles. The lowest BCUT2D eigenvalue weighted by Crippen LogP contribution is -2.55. The van der Waals surface area contributed by atoms with E-state index in [2.05, 4.69) is 42.4 Å². The maximum Gasteiger partial charge on any atom is 0.101 e. The molecule has 0 unspecified atom stereocenters. The summed E-state index contributed by atoms with van der Waals surface area (Å²) in [4.78, 5) is 2.38. The lowest BCUT2D eigenvalue weighted by molar-refractivity contribution is 0.173. The number of hydrogen-bond donors (Lipinski definition) is 0. The standard InChI is InChI=1S/C6H13BIN/c1-9-4-6(8,5-9)2-3-7/h2-5,7H2,1H3. The van der Waals surface area contributed by atoms with Crippen LogP contribution in [-0.4, -0.2) is 36.3 Å². The minimum Gasteiger partial charge on any atom is -0.304 e. The molecular formula is C6H13BIN. The van der Waals surface area contributed by atoms with Gasteiger partial charge >= 0.3 is 0 Å². The van der Waals surface area contributed by atoms with Crippen molar-refractivity contribution in [2.45, 2.75) is 16.2 Å². The number of nitrogens with zero attached hydrogens (tertiary/aromatic N) is 1. The first-order valence-corrected chi connectivity index (χ1v) is 4.62. The molecular weight excluding hydrogens is 224 g/mol. The van der Waals surface area contributed by atoms with Gasteiger partial charge in [-0.25, -0.2) is 0 Å². The van der Waals surface area contributed by atoms with Crippen LogP contribution in [0.1, 0.15) is 6.42 Å². The molecule has 1 aliphatic rings. The highest BCUT2D eigenvalue weighted by molar-refractivity contribution is 14.1. The molecule has 1 fully saturated rings. The molecule has 52 valence electrons. The van der Waals surface area contributed by atoms with Gasteiger partial charge in [0.2, 0.25) is 0 Å².